The second-order valence-electron chi connectivity index (χ2n) is 15.7. The molecular formula is C40H49N. The zero-order valence-corrected chi connectivity index (χ0v) is 27.1. The number of hydrogen-bond acceptors (Lipinski definition) is 0. The second kappa shape index (κ2) is 9.62. The smallest absolute Gasteiger partial charge is 0.0629 e. The van der Waals surface area contributed by atoms with Crippen LogP contribution in [-0.2, 0) is 21.7 Å². The van der Waals surface area contributed by atoms with Crippen LogP contribution in [-0.4, -0.2) is 4.57 Å². The van der Waals surface area contributed by atoms with Crippen molar-refractivity contribution in [2.45, 2.75) is 105 Å². The molecule has 41 heavy (non-hydrogen) atoms. The van der Waals surface area contributed by atoms with Crippen molar-refractivity contribution >= 4 is 21.8 Å². The van der Waals surface area contributed by atoms with Gasteiger partial charge in [0.1, 0.15) is 0 Å². The van der Waals surface area contributed by atoms with E-state index >= 15 is 0 Å². The number of aromatic nitrogens is 1. The Labute approximate surface area is 255 Å². The van der Waals surface area contributed by atoms with E-state index in [1.165, 1.54) is 22.3 Å². The largest absolute Gasteiger partial charge is 0.309 e. The molecule has 0 bridgehead atoms. The summed E-state index contributed by atoms with van der Waals surface area (Å²) >= 11 is 0. The molecule has 0 spiro atoms. The van der Waals surface area contributed by atoms with Gasteiger partial charge in [0.15, 0.2) is 0 Å². The summed E-state index contributed by atoms with van der Waals surface area (Å²) in [5.74, 6) is 0. The van der Waals surface area contributed by atoms with Crippen LogP contribution in [0, 0.1) is 0 Å². The summed E-state index contributed by atoms with van der Waals surface area (Å²) in [6, 6.07) is 16.0. The predicted molar refractivity (Wildman–Crippen MR) is 181 cm³/mol. The van der Waals surface area contributed by atoms with Gasteiger partial charge in [-0.25, -0.2) is 0 Å². The van der Waals surface area contributed by atoms with Crippen LogP contribution in [0.25, 0.3) is 38.6 Å². The molecule has 0 aliphatic carbocycles. The van der Waals surface area contributed by atoms with E-state index in [0.29, 0.717) is 5.56 Å². The molecule has 1 nitrogen and oxygen atoms in total. The Hall–Kier alpha value is -3.32. The number of nitrogens with zero attached hydrogens (tertiary/aromatic N) is 1. The Morgan fingerprint density at radius 1 is 0.561 bits per heavy atom. The van der Waals surface area contributed by atoms with E-state index in [-0.39, 0.29) is 57.4 Å². The van der Waals surface area contributed by atoms with E-state index in [1.807, 2.05) is 12.1 Å². The third-order valence-electron chi connectivity index (χ3n) is 8.19. The normalized spacial score (nSPS) is 15.1. The lowest BCUT2D eigenvalue weighted by atomic mass is 9.73. The van der Waals surface area contributed by atoms with Gasteiger partial charge in [-0.1, -0.05) is 138 Å². The first kappa shape index (κ1) is 23.3. The Balaban J connectivity index is 2.12. The van der Waals surface area contributed by atoms with Crippen LogP contribution in [0.15, 0.2) is 78.7 Å². The van der Waals surface area contributed by atoms with E-state index in [0.717, 1.165) is 27.5 Å². The lowest BCUT2D eigenvalue weighted by Crippen LogP contribution is -2.22. The van der Waals surface area contributed by atoms with Gasteiger partial charge < -0.3 is 4.57 Å². The molecule has 0 aliphatic rings. The Kier molecular flexibility index (Phi) is 5.46. The first-order valence-corrected chi connectivity index (χ1v) is 14.8. The van der Waals surface area contributed by atoms with Crippen LogP contribution >= 0.6 is 0 Å². The zero-order valence-electron chi connectivity index (χ0n) is 32.1. The van der Waals surface area contributed by atoms with Gasteiger partial charge in [0.2, 0.25) is 0 Å². The fraction of sp³-hybridized carbons (Fsp3) is 0.400. The average Bonchev–Trinajstić information content (AvgIpc) is 3.27. The molecule has 214 valence electrons. The molecule has 1 heterocycles. The van der Waals surface area contributed by atoms with Gasteiger partial charge in [-0.15, -0.1) is 0 Å². The molecule has 0 fully saturated rings. The highest BCUT2D eigenvalue weighted by atomic mass is 15.0. The Morgan fingerprint density at radius 2 is 1.12 bits per heavy atom. The van der Waals surface area contributed by atoms with E-state index < -0.39 is 0 Å². The zero-order chi connectivity index (χ0) is 34.5. The maximum atomic E-state index is 8.96. The van der Waals surface area contributed by atoms with Crippen LogP contribution in [0.3, 0.4) is 0 Å². The number of hydrogen-bond donors (Lipinski definition) is 0. The molecular weight excluding hydrogens is 494 g/mol. The molecule has 0 N–H and O–H groups in total. The van der Waals surface area contributed by atoms with Gasteiger partial charge in [0, 0.05) is 16.5 Å². The fourth-order valence-corrected chi connectivity index (χ4v) is 6.03. The Bertz CT molecular complexity index is 1960. The second-order valence-corrected chi connectivity index (χ2v) is 15.7. The SMILES string of the molecule is [2H]c1c([2H])c([2H])c(-c2cccc3c2c2c(C(C)(C)C)c(C(C)(C)C)ccc2n3-c2cc(C(C)(C)C)cc(C(C)(C)C)c2)c([2H])c1[2H]. The minimum atomic E-state index is -0.382. The summed E-state index contributed by atoms with van der Waals surface area (Å²) in [6.07, 6.45) is 0. The molecule has 0 aliphatic heterocycles. The van der Waals surface area contributed by atoms with Crippen molar-refractivity contribution in [3.63, 3.8) is 0 Å². The van der Waals surface area contributed by atoms with E-state index in [1.54, 1.807) is 0 Å². The van der Waals surface area contributed by atoms with E-state index in [2.05, 4.69) is 124 Å². The van der Waals surface area contributed by atoms with Gasteiger partial charge in [0.25, 0.3) is 0 Å². The molecule has 0 unspecified atom stereocenters. The maximum Gasteiger partial charge on any atom is 0.0629 e. The van der Waals surface area contributed by atoms with Crippen molar-refractivity contribution in [1.82, 2.24) is 4.57 Å². The average molecular weight is 549 g/mol. The minimum absolute atomic E-state index is 0.0802. The molecule has 0 saturated heterocycles. The number of rotatable bonds is 2. The first-order chi connectivity index (χ1) is 21.0. The highest BCUT2D eigenvalue weighted by Gasteiger charge is 2.31. The summed E-state index contributed by atoms with van der Waals surface area (Å²) in [5.41, 5.74) is 8.30. The minimum Gasteiger partial charge on any atom is -0.309 e. The highest BCUT2D eigenvalue weighted by molar-refractivity contribution is 6.17. The molecule has 1 aromatic heterocycles. The lowest BCUT2D eigenvalue weighted by Gasteiger charge is -2.31. The van der Waals surface area contributed by atoms with Gasteiger partial charge in [-0.3, -0.25) is 0 Å². The van der Waals surface area contributed by atoms with Crippen molar-refractivity contribution in [1.29, 1.82) is 0 Å². The molecule has 0 atom stereocenters. The van der Waals surface area contributed by atoms with E-state index in [4.69, 9.17) is 6.85 Å². The predicted octanol–water partition coefficient (Wildman–Crippen LogP) is 11.6. The van der Waals surface area contributed by atoms with E-state index in [9.17, 15) is 0 Å². The Morgan fingerprint density at radius 3 is 1.63 bits per heavy atom. The molecule has 5 rings (SSSR count). The molecule has 5 aromatic rings. The number of fused-ring (bicyclic) bond motifs is 3. The molecule has 0 amide bonds. The van der Waals surface area contributed by atoms with Crippen LogP contribution in [0.1, 0.15) is 112 Å². The van der Waals surface area contributed by atoms with Crippen molar-refractivity contribution in [2.75, 3.05) is 0 Å². The summed E-state index contributed by atoms with van der Waals surface area (Å²) in [4.78, 5) is 0. The summed E-state index contributed by atoms with van der Waals surface area (Å²) < 4.78 is 45.5. The maximum absolute atomic E-state index is 8.96. The third kappa shape index (κ3) is 5.25. The van der Waals surface area contributed by atoms with Crippen LogP contribution in [0.2, 0.25) is 0 Å². The lowest BCUT2D eigenvalue weighted by molar-refractivity contribution is 0.535. The molecule has 0 saturated carbocycles. The first-order valence-electron chi connectivity index (χ1n) is 17.3. The van der Waals surface area contributed by atoms with Crippen molar-refractivity contribution in [3.8, 4) is 16.8 Å². The molecule has 1 heteroatoms. The van der Waals surface area contributed by atoms with Crippen LogP contribution < -0.4 is 0 Å². The topological polar surface area (TPSA) is 4.93 Å². The number of benzene rings is 4. The quantitative estimate of drug-likeness (QED) is 0.207. The van der Waals surface area contributed by atoms with Crippen LogP contribution in [0.4, 0.5) is 0 Å². The van der Waals surface area contributed by atoms with Gasteiger partial charge in [0.05, 0.1) is 17.9 Å². The monoisotopic (exact) mass is 548 g/mol. The standard InChI is InChI=1S/C40H49N/c1-37(2,3)27-23-28(38(4,5)6)25-29(24-27)41-32-20-16-19-30(26-17-14-13-15-18-26)34(32)35-33(41)22-21-31(39(7,8)9)36(35)40(10,11)12/h13-25H,1-12H3/i13D,14D,15D,17D,18D. The van der Waals surface area contributed by atoms with Crippen molar-refractivity contribution < 1.29 is 6.85 Å². The molecule has 4 aromatic carbocycles. The summed E-state index contributed by atoms with van der Waals surface area (Å²) in [7, 11) is 0. The molecule has 0 radical (unpaired) electrons. The fourth-order valence-electron chi connectivity index (χ4n) is 6.03. The van der Waals surface area contributed by atoms with Gasteiger partial charge in [-0.05, 0) is 79.3 Å². The van der Waals surface area contributed by atoms with Gasteiger partial charge >= 0.3 is 0 Å². The van der Waals surface area contributed by atoms with Crippen LogP contribution in [0.5, 0.6) is 0 Å². The van der Waals surface area contributed by atoms with Crippen molar-refractivity contribution in [2.24, 2.45) is 0 Å². The van der Waals surface area contributed by atoms with Gasteiger partial charge in [-0.2, -0.15) is 0 Å². The highest BCUT2D eigenvalue weighted by Crippen LogP contribution is 2.47. The summed E-state index contributed by atoms with van der Waals surface area (Å²) in [5, 5.41) is 1.97. The third-order valence-corrected chi connectivity index (χ3v) is 8.19. The summed E-state index contributed by atoms with van der Waals surface area (Å²) in [6.45, 7) is 26.9. The van der Waals surface area contributed by atoms with Crippen molar-refractivity contribution in [3.05, 3.63) is 101 Å².